The molecule has 0 fully saturated rings. The van der Waals surface area contributed by atoms with Gasteiger partial charge in [-0.15, -0.1) is 0 Å². The zero-order valence-corrected chi connectivity index (χ0v) is 13.2. The van der Waals surface area contributed by atoms with Crippen LogP contribution in [0.1, 0.15) is 12.8 Å². The number of fused-ring (bicyclic) bond motifs is 1. The van der Waals surface area contributed by atoms with Crippen LogP contribution in [-0.4, -0.2) is 35.1 Å². The minimum atomic E-state index is -0.384. The van der Waals surface area contributed by atoms with Crippen LogP contribution in [0.25, 0.3) is 10.9 Å². The summed E-state index contributed by atoms with van der Waals surface area (Å²) < 4.78 is 2.22. The van der Waals surface area contributed by atoms with E-state index in [0.717, 1.165) is 25.1 Å². The molecule has 4 nitrogen and oxygen atoms in total. The molecule has 1 amide bonds. The summed E-state index contributed by atoms with van der Waals surface area (Å²) in [5, 5.41) is 4.17. The van der Waals surface area contributed by atoms with E-state index in [1.165, 1.54) is 10.9 Å². The number of hydrogen-bond donors (Lipinski definition) is 2. The molecule has 0 aliphatic heterocycles. The Morgan fingerprint density at radius 2 is 2.19 bits per heavy atom. The number of aromatic nitrogens is 1. The Hall–Kier alpha value is -1.46. The summed E-state index contributed by atoms with van der Waals surface area (Å²) in [6, 6.07) is 10.1. The number of amides is 1. The number of carbonyl (C=O) groups excluding carboxylic acids is 1. The second kappa shape index (κ2) is 8.10. The smallest absolute Gasteiger partial charge is 0.236 e. The van der Waals surface area contributed by atoms with Gasteiger partial charge in [-0.05, 0) is 42.4 Å². The first-order valence-corrected chi connectivity index (χ1v) is 8.68. The van der Waals surface area contributed by atoms with Crippen LogP contribution in [0.3, 0.4) is 0 Å². The van der Waals surface area contributed by atoms with Gasteiger partial charge in [-0.3, -0.25) is 4.79 Å². The molecule has 3 N–H and O–H groups in total. The fourth-order valence-corrected chi connectivity index (χ4v) is 2.79. The first-order chi connectivity index (χ1) is 10.2. The maximum Gasteiger partial charge on any atom is 0.236 e. The molecule has 0 unspecified atom stereocenters. The molecule has 0 aliphatic rings. The Balaban J connectivity index is 1.73. The molecule has 1 atom stereocenters. The van der Waals surface area contributed by atoms with Gasteiger partial charge in [0.15, 0.2) is 0 Å². The van der Waals surface area contributed by atoms with Crippen LogP contribution in [0.2, 0.25) is 0 Å². The van der Waals surface area contributed by atoms with Crippen LogP contribution in [0.15, 0.2) is 36.5 Å². The van der Waals surface area contributed by atoms with Crippen LogP contribution < -0.4 is 11.1 Å². The average molecular weight is 305 g/mol. The van der Waals surface area contributed by atoms with Crippen molar-refractivity contribution in [3.8, 4) is 0 Å². The van der Waals surface area contributed by atoms with E-state index < -0.39 is 0 Å². The normalized spacial score (nSPS) is 12.5. The number of nitrogens with one attached hydrogen (secondary N) is 1. The molecule has 114 valence electrons. The van der Waals surface area contributed by atoms with Crippen molar-refractivity contribution in [1.29, 1.82) is 0 Å². The highest BCUT2D eigenvalue weighted by Gasteiger charge is 2.11. The summed E-state index contributed by atoms with van der Waals surface area (Å²) >= 11 is 1.71. The standard InChI is InChI=1S/C16H23N3OS/c1-21-12-8-14(17)16(20)18-9-4-10-19-11-7-13-5-2-3-6-15(13)19/h2-3,5-7,11,14H,4,8-10,12,17H2,1H3,(H,18,20)/t14-/m0/s1. The van der Waals surface area contributed by atoms with Crippen molar-refractivity contribution in [1.82, 2.24) is 9.88 Å². The molecule has 0 saturated heterocycles. The van der Waals surface area contributed by atoms with Gasteiger partial charge in [0.2, 0.25) is 5.91 Å². The van der Waals surface area contributed by atoms with Crippen molar-refractivity contribution < 1.29 is 4.79 Å². The first-order valence-electron chi connectivity index (χ1n) is 7.28. The predicted octanol–water partition coefficient (Wildman–Crippen LogP) is 2.23. The minimum absolute atomic E-state index is 0.0404. The Bertz CT molecular complexity index is 582. The lowest BCUT2D eigenvalue weighted by Gasteiger charge is -2.12. The number of para-hydroxylation sites is 1. The summed E-state index contributed by atoms with van der Waals surface area (Å²) in [5.41, 5.74) is 7.06. The van der Waals surface area contributed by atoms with E-state index in [1.807, 2.05) is 18.4 Å². The van der Waals surface area contributed by atoms with Gasteiger partial charge in [-0.1, -0.05) is 18.2 Å². The number of thioether (sulfide) groups is 1. The molecule has 0 bridgehead atoms. The molecule has 2 aromatic rings. The lowest BCUT2D eigenvalue weighted by molar-refractivity contribution is -0.122. The van der Waals surface area contributed by atoms with Crippen LogP contribution in [-0.2, 0) is 11.3 Å². The molecule has 1 heterocycles. The second-order valence-electron chi connectivity index (χ2n) is 5.10. The summed E-state index contributed by atoms with van der Waals surface area (Å²) in [7, 11) is 0. The molecular weight excluding hydrogens is 282 g/mol. The zero-order chi connectivity index (χ0) is 15.1. The number of carbonyl (C=O) groups is 1. The molecule has 1 aromatic carbocycles. The van der Waals surface area contributed by atoms with Crippen molar-refractivity contribution in [2.75, 3.05) is 18.6 Å². The monoisotopic (exact) mass is 305 g/mol. The summed E-state index contributed by atoms with van der Waals surface area (Å²) in [6.07, 6.45) is 5.75. The van der Waals surface area contributed by atoms with Gasteiger partial charge in [0, 0.05) is 24.8 Å². The van der Waals surface area contributed by atoms with Gasteiger partial charge >= 0.3 is 0 Å². The Kier molecular flexibility index (Phi) is 6.14. The van der Waals surface area contributed by atoms with Crippen LogP contribution in [0.4, 0.5) is 0 Å². The highest BCUT2D eigenvalue weighted by Crippen LogP contribution is 2.15. The SMILES string of the molecule is CSCC[C@H](N)C(=O)NCCCn1ccc2ccccc21. The fraction of sp³-hybridized carbons (Fsp3) is 0.438. The van der Waals surface area contributed by atoms with Gasteiger partial charge in [0.25, 0.3) is 0 Å². The predicted molar refractivity (Wildman–Crippen MR) is 90.5 cm³/mol. The Labute approximate surface area is 130 Å². The molecule has 1 aromatic heterocycles. The molecule has 0 spiro atoms. The Morgan fingerprint density at radius 3 is 3.00 bits per heavy atom. The van der Waals surface area contributed by atoms with Gasteiger partial charge in [0.05, 0.1) is 6.04 Å². The van der Waals surface area contributed by atoms with E-state index in [-0.39, 0.29) is 11.9 Å². The highest BCUT2D eigenvalue weighted by molar-refractivity contribution is 7.98. The van der Waals surface area contributed by atoms with Crippen LogP contribution in [0.5, 0.6) is 0 Å². The molecule has 0 saturated carbocycles. The number of hydrogen-bond acceptors (Lipinski definition) is 3. The number of rotatable bonds is 8. The maximum absolute atomic E-state index is 11.8. The Morgan fingerprint density at radius 1 is 1.38 bits per heavy atom. The molecule has 2 rings (SSSR count). The van der Waals surface area contributed by atoms with E-state index in [1.54, 1.807) is 11.8 Å². The quantitative estimate of drug-likeness (QED) is 0.735. The van der Waals surface area contributed by atoms with Crippen molar-refractivity contribution in [3.05, 3.63) is 36.5 Å². The summed E-state index contributed by atoms with van der Waals surface area (Å²) in [5.74, 6) is 0.880. The summed E-state index contributed by atoms with van der Waals surface area (Å²) in [6.45, 7) is 1.56. The van der Waals surface area contributed by atoms with Gasteiger partial charge in [-0.25, -0.2) is 0 Å². The van der Waals surface area contributed by atoms with Gasteiger partial charge in [-0.2, -0.15) is 11.8 Å². The van der Waals surface area contributed by atoms with E-state index in [4.69, 9.17) is 5.73 Å². The third-order valence-electron chi connectivity index (χ3n) is 3.52. The topological polar surface area (TPSA) is 60.1 Å². The number of benzene rings is 1. The highest BCUT2D eigenvalue weighted by atomic mass is 32.2. The van der Waals surface area contributed by atoms with E-state index >= 15 is 0 Å². The van der Waals surface area contributed by atoms with Crippen LogP contribution >= 0.6 is 11.8 Å². The molecule has 5 heteroatoms. The minimum Gasteiger partial charge on any atom is -0.355 e. The summed E-state index contributed by atoms with van der Waals surface area (Å²) in [4.78, 5) is 11.8. The second-order valence-corrected chi connectivity index (χ2v) is 6.09. The first kappa shape index (κ1) is 15.9. The lowest BCUT2D eigenvalue weighted by atomic mass is 10.2. The van der Waals surface area contributed by atoms with Gasteiger partial charge in [0.1, 0.15) is 0 Å². The fourth-order valence-electron chi connectivity index (χ4n) is 2.30. The van der Waals surface area contributed by atoms with Crippen molar-refractivity contribution in [2.24, 2.45) is 5.73 Å². The zero-order valence-electron chi connectivity index (χ0n) is 12.4. The third kappa shape index (κ3) is 4.51. The van der Waals surface area contributed by atoms with Crippen LogP contribution in [0, 0.1) is 0 Å². The van der Waals surface area contributed by atoms with E-state index in [0.29, 0.717) is 6.54 Å². The van der Waals surface area contributed by atoms with Crippen molar-refractivity contribution >= 4 is 28.6 Å². The van der Waals surface area contributed by atoms with E-state index in [9.17, 15) is 4.79 Å². The molecule has 21 heavy (non-hydrogen) atoms. The van der Waals surface area contributed by atoms with Gasteiger partial charge < -0.3 is 15.6 Å². The number of nitrogens with zero attached hydrogens (tertiary/aromatic N) is 1. The van der Waals surface area contributed by atoms with E-state index in [2.05, 4.69) is 34.3 Å². The molecule has 0 radical (unpaired) electrons. The maximum atomic E-state index is 11.8. The average Bonchev–Trinajstić information content (AvgIpc) is 2.92. The number of aryl methyl sites for hydroxylation is 1. The lowest BCUT2D eigenvalue weighted by Crippen LogP contribution is -2.41. The largest absolute Gasteiger partial charge is 0.355 e. The third-order valence-corrected chi connectivity index (χ3v) is 4.17. The number of nitrogens with two attached hydrogens (primary N) is 1. The van der Waals surface area contributed by atoms with Crippen molar-refractivity contribution in [3.63, 3.8) is 0 Å². The molecular formula is C16H23N3OS. The molecule has 0 aliphatic carbocycles. The van der Waals surface area contributed by atoms with Crippen molar-refractivity contribution in [2.45, 2.75) is 25.4 Å².